The Morgan fingerprint density at radius 2 is 1.59 bits per heavy atom. The first-order valence-corrected chi connectivity index (χ1v) is 14.4. The Hall–Kier alpha value is -4.39. The lowest BCUT2D eigenvalue weighted by Gasteiger charge is -2.34. The largest absolute Gasteiger partial charge is 0.378 e. The van der Waals surface area contributed by atoms with Gasteiger partial charge in [-0.2, -0.15) is 0 Å². The normalized spacial score (nSPS) is 14.4. The van der Waals surface area contributed by atoms with E-state index in [2.05, 4.69) is 10.3 Å². The van der Waals surface area contributed by atoms with Crippen LogP contribution in [0, 0.1) is 0 Å². The van der Waals surface area contributed by atoms with Gasteiger partial charge in [-0.3, -0.25) is 19.3 Å². The van der Waals surface area contributed by atoms with Crippen LogP contribution in [0.5, 0.6) is 0 Å². The van der Waals surface area contributed by atoms with E-state index in [-0.39, 0.29) is 30.1 Å². The molecule has 4 aromatic rings. The first kappa shape index (κ1) is 28.1. The van der Waals surface area contributed by atoms with Gasteiger partial charge in [0.1, 0.15) is 6.04 Å². The van der Waals surface area contributed by atoms with Crippen molar-refractivity contribution in [1.29, 1.82) is 0 Å². The second-order valence-corrected chi connectivity index (χ2v) is 11.1. The highest BCUT2D eigenvalue weighted by Crippen LogP contribution is 2.34. The molecule has 0 spiro atoms. The first-order valence-electron chi connectivity index (χ1n) is 14.4. The van der Waals surface area contributed by atoms with E-state index in [1.54, 1.807) is 29.2 Å². The molecule has 0 saturated heterocycles. The van der Waals surface area contributed by atoms with E-state index < -0.39 is 6.04 Å². The summed E-state index contributed by atoms with van der Waals surface area (Å²) in [6.45, 7) is 1.49. The fourth-order valence-electron chi connectivity index (χ4n) is 5.82. The van der Waals surface area contributed by atoms with Crippen LogP contribution in [-0.2, 0) is 16.0 Å². The molecular formula is C34H38N4O3. The van der Waals surface area contributed by atoms with E-state index in [1.165, 1.54) is 13.3 Å². The molecule has 3 aromatic carbocycles. The summed E-state index contributed by atoms with van der Waals surface area (Å²) in [4.78, 5) is 48.3. The second-order valence-electron chi connectivity index (χ2n) is 11.1. The topological polar surface area (TPSA) is 85.5 Å². The van der Waals surface area contributed by atoms with Crippen molar-refractivity contribution in [2.75, 3.05) is 23.9 Å². The van der Waals surface area contributed by atoms with Gasteiger partial charge in [-0.05, 0) is 61.2 Å². The monoisotopic (exact) mass is 550 g/mol. The predicted octanol–water partition coefficient (Wildman–Crippen LogP) is 6.20. The summed E-state index contributed by atoms with van der Waals surface area (Å²) in [5.41, 5.74) is 4.29. The Labute approximate surface area is 241 Å². The molecular weight excluding hydrogens is 512 g/mol. The summed E-state index contributed by atoms with van der Waals surface area (Å²) < 4.78 is 0. The van der Waals surface area contributed by atoms with Crippen LogP contribution in [0.3, 0.4) is 0 Å². The van der Waals surface area contributed by atoms with Crippen LogP contribution < -0.4 is 15.1 Å². The molecule has 0 aliphatic heterocycles. The lowest BCUT2D eigenvalue weighted by atomic mass is 9.94. The average molecular weight is 551 g/mol. The van der Waals surface area contributed by atoms with Gasteiger partial charge in [-0.1, -0.05) is 61.7 Å². The predicted molar refractivity (Wildman–Crippen MR) is 164 cm³/mol. The van der Waals surface area contributed by atoms with E-state index in [0.29, 0.717) is 16.8 Å². The van der Waals surface area contributed by atoms with Crippen molar-refractivity contribution in [2.45, 2.75) is 57.5 Å². The number of rotatable bonds is 9. The molecule has 0 bridgehead atoms. The number of hydrogen-bond acceptors (Lipinski definition) is 4. The summed E-state index contributed by atoms with van der Waals surface area (Å²) in [7, 11) is 3.92. The fraction of sp³-hybridized carbons (Fsp3) is 0.324. The number of carbonyl (C=O) groups is 3. The molecule has 1 aliphatic rings. The van der Waals surface area contributed by atoms with Gasteiger partial charge < -0.3 is 15.2 Å². The van der Waals surface area contributed by atoms with E-state index in [1.807, 2.05) is 73.7 Å². The number of amides is 2. The molecule has 1 fully saturated rings. The van der Waals surface area contributed by atoms with Crippen molar-refractivity contribution < 1.29 is 14.4 Å². The van der Waals surface area contributed by atoms with Gasteiger partial charge in [0.25, 0.3) is 0 Å². The molecule has 5 rings (SSSR count). The lowest BCUT2D eigenvalue weighted by molar-refractivity contribution is -0.127. The number of carbonyl (C=O) groups excluding carboxylic acids is 3. The van der Waals surface area contributed by atoms with Crippen LogP contribution in [0.15, 0.2) is 79.0 Å². The molecule has 1 heterocycles. The highest BCUT2D eigenvalue weighted by Gasteiger charge is 2.35. The minimum Gasteiger partial charge on any atom is -0.378 e. The summed E-state index contributed by atoms with van der Waals surface area (Å²) in [6, 6.07) is 21.7. The molecule has 1 unspecified atom stereocenters. The highest BCUT2D eigenvalue weighted by atomic mass is 16.2. The van der Waals surface area contributed by atoms with E-state index in [0.717, 1.165) is 47.8 Å². The molecule has 0 radical (unpaired) electrons. The Kier molecular flexibility index (Phi) is 8.53. The number of anilines is 2. The molecule has 1 atom stereocenters. The third-order valence-corrected chi connectivity index (χ3v) is 8.01. The Bertz CT molecular complexity index is 1530. The van der Waals surface area contributed by atoms with Crippen molar-refractivity contribution in [2.24, 2.45) is 0 Å². The van der Waals surface area contributed by atoms with Gasteiger partial charge in [0.2, 0.25) is 11.8 Å². The number of H-pyrrole nitrogens is 1. The van der Waals surface area contributed by atoms with Crippen molar-refractivity contribution in [1.82, 2.24) is 10.3 Å². The molecule has 2 N–H and O–H groups in total. The number of nitrogens with one attached hydrogen (secondary N) is 2. The maximum Gasteiger partial charge on any atom is 0.248 e. The molecule has 41 heavy (non-hydrogen) atoms. The van der Waals surface area contributed by atoms with Gasteiger partial charge in [-0.25, -0.2) is 0 Å². The Morgan fingerprint density at radius 3 is 2.29 bits per heavy atom. The summed E-state index contributed by atoms with van der Waals surface area (Å²) in [5, 5.41) is 4.22. The number of ketones is 1. The number of hydrogen-bond donors (Lipinski definition) is 2. The summed E-state index contributed by atoms with van der Waals surface area (Å²) in [6.07, 6.45) is 7.08. The second kappa shape index (κ2) is 12.4. The minimum absolute atomic E-state index is 0.0634. The number of para-hydroxylation sites is 2. The summed E-state index contributed by atoms with van der Waals surface area (Å²) >= 11 is 0. The Balaban J connectivity index is 1.62. The molecule has 212 valence electrons. The standard InChI is InChI=1S/C34H38N4O3/c1-23(39)28-13-8-10-16-31(28)38(32(40)21-25-22-35-30-15-9-7-14-29(25)30)33(24-17-19-27(20-18-24)37(2)3)34(41)36-26-11-5-4-6-12-26/h7-10,13-20,22,26,33,35H,4-6,11-12,21H2,1-3H3,(H,36,41). The van der Waals surface area contributed by atoms with Gasteiger partial charge in [0, 0.05) is 48.5 Å². The molecule has 7 heteroatoms. The van der Waals surface area contributed by atoms with Gasteiger partial charge in [-0.15, -0.1) is 0 Å². The zero-order valence-electron chi connectivity index (χ0n) is 24.0. The third-order valence-electron chi connectivity index (χ3n) is 8.01. The lowest BCUT2D eigenvalue weighted by Crippen LogP contribution is -2.48. The van der Waals surface area contributed by atoms with Crippen LogP contribution in [0.1, 0.15) is 66.6 Å². The van der Waals surface area contributed by atoms with E-state index in [9.17, 15) is 14.4 Å². The number of Topliss-reactive ketones (excluding diaryl/α,β-unsaturated/α-hetero) is 1. The molecule has 7 nitrogen and oxygen atoms in total. The maximum absolute atomic E-state index is 14.4. The first-order chi connectivity index (χ1) is 19.8. The van der Waals surface area contributed by atoms with Crippen LogP contribution in [-0.4, -0.2) is 42.7 Å². The molecule has 1 saturated carbocycles. The van der Waals surface area contributed by atoms with Gasteiger partial charge >= 0.3 is 0 Å². The van der Waals surface area contributed by atoms with Crippen LogP contribution in [0.2, 0.25) is 0 Å². The van der Waals surface area contributed by atoms with Crippen molar-refractivity contribution in [3.8, 4) is 0 Å². The minimum atomic E-state index is -0.952. The van der Waals surface area contributed by atoms with Crippen LogP contribution >= 0.6 is 0 Å². The number of aromatic nitrogens is 1. The third kappa shape index (κ3) is 6.19. The van der Waals surface area contributed by atoms with Crippen LogP contribution in [0.25, 0.3) is 10.9 Å². The number of fused-ring (bicyclic) bond motifs is 1. The molecule has 1 aliphatic carbocycles. The number of nitrogens with zero attached hydrogens (tertiary/aromatic N) is 2. The zero-order chi connectivity index (χ0) is 28.9. The van der Waals surface area contributed by atoms with Crippen molar-refractivity contribution in [3.63, 3.8) is 0 Å². The Morgan fingerprint density at radius 1 is 0.902 bits per heavy atom. The van der Waals surface area contributed by atoms with Crippen molar-refractivity contribution in [3.05, 3.63) is 95.7 Å². The molecule has 1 aromatic heterocycles. The average Bonchev–Trinajstić information content (AvgIpc) is 3.38. The smallest absolute Gasteiger partial charge is 0.248 e. The maximum atomic E-state index is 14.4. The molecule has 2 amide bonds. The number of aromatic amines is 1. The van der Waals surface area contributed by atoms with Crippen LogP contribution in [0.4, 0.5) is 11.4 Å². The van der Waals surface area contributed by atoms with Gasteiger partial charge in [0.05, 0.1) is 12.1 Å². The SMILES string of the molecule is CC(=O)c1ccccc1N(C(=O)Cc1c[nH]c2ccccc12)C(C(=O)NC1CCCCC1)c1ccc(N(C)C)cc1. The number of benzene rings is 3. The summed E-state index contributed by atoms with van der Waals surface area (Å²) in [5.74, 6) is -0.663. The van der Waals surface area contributed by atoms with E-state index >= 15 is 0 Å². The zero-order valence-corrected chi connectivity index (χ0v) is 24.0. The van der Waals surface area contributed by atoms with E-state index in [4.69, 9.17) is 0 Å². The van der Waals surface area contributed by atoms with Gasteiger partial charge in [0.15, 0.2) is 5.78 Å². The quantitative estimate of drug-likeness (QED) is 0.243. The highest BCUT2D eigenvalue weighted by molar-refractivity contribution is 6.09. The van der Waals surface area contributed by atoms with Crippen molar-refractivity contribution >= 4 is 39.9 Å². The fourth-order valence-corrected chi connectivity index (χ4v) is 5.82.